The monoisotopic (exact) mass is 291 g/mol. The molecule has 1 aliphatic heterocycles. The summed E-state index contributed by atoms with van der Waals surface area (Å²) in [6, 6.07) is 8.42. The van der Waals surface area contributed by atoms with E-state index < -0.39 is 0 Å². The van der Waals surface area contributed by atoms with Crippen molar-refractivity contribution in [2.45, 2.75) is 19.4 Å². The smallest absolute Gasteiger partial charge is 0.234 e. The third-order valence-electron chi connectivity index (χ3n) is 3.67. The summed E-state index contributed by atoms with van der Waals surface area (Å²) in [6.07, 6.45) is 2.54. The van der Waals surface area contributed by atoms with Gasteiger partial charge in [0.2, 0.25) is 5.91 Å². The number of rotatable bonds is 8. The molecule has 1 heterocycles. The van der Waals surface area contributed by atoms with Crippen LogP contribution in [-0.4, -0.2) is 45.8 Å². The molecule has 1 aromatic carbocycles. The Morgan fingerprint density at radius 1 is 1.29 bits per heavy atom. The van der Waals surface area contributed by atoms with Crippen molar-refractivity contribution in [2.75, 3.05) is 44.8 Å². The fourth-order valence-electron chi connectivity index (χ4n) is 2.59. The average molecular weight is 291 g/mol. The van der Waals surface area contributed by atoms with Crippen molar-refractivity contribution >= 4 is 11.6 Å². The highest BCUT2D eigenvalue weighted by Gasteiger charge is 2.15. The molecule has 2 rings (SSSR count). The van der Waals surface area contributed by atoms with Crippen LogP contribution in [0.5, 0.6) is 0 Å². The number of hydrogen-bond acceptors (Lipinski definition) is 4. The summed E-state index contributed by atoms with van der Waals surface area (Å²) in [7, 11) is 1.62. The first kappa shape index (κ1) is 15.8. The summed E-state index contributed by atoms with van der Waals surface area (Å²) in [5.74, 6) is 0.00528. The van der Waals surface area contributed by atoms with E-state index in [2.05, 4.69) is 39.8 Å². The molecule has 5 heteroatoms. The number of amides is 1. The van der Waals surface area contributed by atoms with Crippen molar-refractivity contribution < 1.29 is 9.53 Å². The van der Waals surface area contributed by atoms with Gasteiger partial charge in [0.25, 0.3) is 0 Å². The van der Waals surface area contributed by atoms with Gasteiger partial charge in [0, 0.05) is 39.0 Å². The van der Waals surface area contributed by atoms with Crippen LogP contribution in [0.1, 0.15) is 18.4 Å². The molecule has 5 nitrogen and oxygen atoms in total. The van der Waals surface area contributed by atoms with Crippen LogP contribution in [0.25, 0.3) is 0 Å². The molecule has 116 valence electrons. The Kier molecular flexibility index (Phi) is 6.50. The van der Waals surface area contributed by atoms with Crippen LogP contribution < -0.4 is 15.5 Å². The maximum atomic E-state index is 11.6. The Labute approximate surface area is 126 Å². The minimum atomic E-state index is 0.00528. The standard InChI is InChI=1S/C16H25N3O2/c1-21-11-8-18-16(20)13-17-12-14-6-2-3-7-15(14)19-9-4-5-10-19/h2-3,6-7,17H,4-5,8-13H2,1H3,(H,18,20). The highest BCUT2D eigenvalue weighted by atomic mass is 16.5. The zero-order chi connectivity index (χ0) is 14.9. The van der Waals surface area contributed by atoms with Gasteiger partial charge in [0.05, 0.1) is 13.2 Å². The van der Waals surface area contributed by atoms with Crippen LogP contribution in [0, 0.1) is 0 Å². The average Bonchev–Trinajstić information content (AvgIpc) is 3.02. The second-order valence-corrected chi connectivity index (χ2v) is 5.27. The predicted octanol–water partition coefficient (Wildman–Crippen LogP) is 1.14. The molecular formula is C16H25N3O2. The number of carbonyl (C=O) groups excluding carboxylic acids is 1. The zero-order valence-electron chi connectivity index (χ0n) is 12.7. The van der Waals surface area contributed by atoms with E-state index in [0.717, 1.165) is 13.1 Å². The largest absolute Gasteiger partial charge is 0.383 e. The van der Waals surface area contributed by atoms with Crippen molar-refractivity contribution in [3.05, 3.63) is 29.8 Å². The van der Waals surface area contributed by atoms with Crippen molar-refractivity contribution in [3.8, 4) is 0 Å². The van der Waals surface area contributed by atoms with Crippen LogP contribution in [-0.2, 0) is 16.1 Å². The normalized spacial score (nSPS) is 14.4. The fourth-order valence-corrected chi connectivity index (χ4v) is 2.59. The van der Waals surface area contributed by atoms with E-state index in [1.807, 2.05) is 0 Å². The molecule has 0 atom stereocenters. The molecule has 0 aromatic heterocycles. The van der Waals surface area contributed by atoms with Gasteiger partial charge in [-0.1, -0.05) is 18.2 Å². The first-order chi connectivity index (χ1) is 10.3. The Hall–Kier alpha value is -1.59. The summed E-state index contributed by atoms with van der Waals surface area (Å²) < 4.78 is 4.90. The van der Waals surface area contributed by atoms with Gasteiger partial charge in [-0.2, -0.15) is 0 Å². The molecule has 1 aliphatic rings. The molecule has 21 heavy (non-hydrogen) atoms. The number of para-hydroxylation sites is 1. The van der Waals surface area contributed by atoms with Crippen LogP contribution in [0.15, 0.2) is 24.3 Å². The molecule has 0 bridgehead atoms. The molecule has 0 radical (unpaired) electrons. The summed E-state index contributed by atoms with van der Waals surface area (Å²) in [5.41, 5.74) is 2.55. The molecule has 1 fully saturated rings. The van der Waals surface area contributed by atoms with Gasteiger partial charge in [-0.05, 0) is 24.5 Å². The maximum absolute atomic E-state index is 11.6. The van der Waals surface area contributed by atoms with Gasteiger partial charge in [0.15, 0.2) is 0 Å². The lowest BCUT2D eigenvalue weighted by Crippen LogP contribution is -2.35. The van der Waals surface area contributed by atoms with Gasteiger partial charge in [0.1, 0.15) is 0 Å². The Morgan fingerprint density at radius 3 is 2.81 bits per heavy atom. The summed E-state index contributed by atoms with van der Waals surface area (Å²) in [4.78, 5) is 14.0. The van der Waals surface area contributed by atoms with E-state index in [1.54, 1.807) is 7.11 Å². The molecule has 0 spiro atoms. The number of carbonyl (C=O) groups is 1. The number of nitrogens with zero attached hydrogens (tertiary/aromatic N) is 1. The molecule has 2 N–H and O–H groups in total. The highest BCUT2D eigenvalue weighted by molar-refractivity contribution is 5.77. The second-order valence-electron chi connectivity index (χ2n) is 5.27. The van der Waals surface area contributed by atoms with E-state index in [9.17, 15) is 4.79 Å². The van der Waals surface area contributed by atoms with E-state index >= 15 is 0 Å². The summed E-state index contributed by atoms with van der Waals surface area (Å²) in [6.45, 7) is 4.41. The number of hydrogen-bond donors (Lipinski definition) is 2. The molecule has 0 unspecified atom stereocenters. The van der Waals surface area contributed by atoms with E-state index in [-0.39, 0.29) is 5.91 Å². The lowest BCUT2D eigenvalue weighted by Gasteiger charge is -2.21. The van der Waals surface area contributed by atoms with Crippen LogP contribution in [0.2, 0.25) is 0 Å². The van der Waals surface area contributed by atoms with Gasteiger partial charge >= 0.3 is 0 Å². The predicted molar refractivity (Wildman–Crippen MR) is 84.5 cm³/mol. The first-order valence-corrected chi connectivity index (χ1v) is 7.60. The third-order valence-corrected chi connectivity index (χ3v) is 3.67. The Bertz CT molecular complexity index is 445. The number of anilines is 1. The minimum Gasteiger partial charge on any atom is -0.383 e. The number of nitrogens with one attached hydrogen (secondary N) is 2. The number of benzene rings is 1. The van der Waals surface area contributed by atoms with Crippen LogP contribution in [0.3, 0.4) is 0 Å². The van der Waals surface area contributed by atoms with Crippen molar-refractivity contribution in [1.82, 2.24) is 10.6 Å². The lowest BCUT2D eigenvalue weighted by molar-refractivity contribution is -0.120. The van der Waals surface area contributed by atoms with E-state index in [1.165, 1.54) is 24.1 Å². The topological polar surface area (TPSA) is 53.6 Å². The summed E-state index contributed by atoms with van der Waals surface area (Å²) >= 11 is 0. The molecular weight excluding hydrogens is 266 g/mol. The van der Waals surface area contributed by atoms with E-state index in [0.29, 0.717) is 26.2 Å². The third kappa shape index (κ3) is 5.02. The van der Waals surface area contributed by atoms with Crippen molar-refractivity contribution in [1.29, 1.82) is 0 Å². The van der Waals surface area contributed by atoms with Gasteiger partial charge in [-0.25, -0.2) is 0 Å². The number of ether oxygens (including phenoxy) is 1. The Morgan fingerprint density at radius 2 is 2.05 bits per heavy atom. The number of methoxy groups -OCH3 is 1. The van der Waals surface area contributed by atoms with Crippen LogP contribution in [0.4, 0.5) is 5.69 Å². The molecule has 0 aliphatic carbocycles. The highest BCUT2D eigenvalue weighted by Crippen LogP contribution is 2.24. The van der Waals surface area contributed by atoms with Crippen molar-refractivity contribution in [2.24, 2.45) is 0 Å². The van der Waals surface area contributed by atoms with Gasteiger partial charge in [-0.3, -0.25) is 4.79 Å². The summed E-state index contributed by atoms with van der Waals surface area (Å²) in [5, 5.41) is 6.02. The quantitative estimate of drug-likeness (QED) is 0.705. The van der Waals surface area contributed by atoms with E-state index in [4.69, 9.17) is 4.74 Å². The SMILES string of the molecule is COCCNC(=O)CNCc1ccccc1N1CCCC1. The fraction of sp³-hybridized carbons (Fsp3) is 0.562. The molecule has 0 saturated carbocycles. The lowest BCUT2D eigenvalue weighted by atomic mass is 10.1. The molecule has 1 aromatic rings. The minimum absolute atomic E-state index is 0.00528. The second kappa shape index (κ2) is 8.64. The molecule has 1 saturated heterocycles. The Balaban J connectivity index is 1.79. The van der Waals surface area contributed by atoms with Crippen LogP contribution >= 0.6 is 0 Å². The maximum Gasteiger partial charge on any atom is 0.234 e. The van der Waals surface area contributed by atoms with Gasteiger partial charge < -0.3 is 20.3 Å². The van der Waals surface area contributed by atoms with Crippen molar-refractivity contribution in [3.63, 3.8) is 0 Å². The zero-order valence-corrected chi connectivity index (χ0v) is 12.7. The van der Waals surface area contributed by atoms with Gasteiger partial charge in [-0.15, -0.1) is 0 Å². The first-order valence-electron chi connectivity index (χ1n) is 7.60. The molecule has 1 amide bonds.